The van der Waals surface area contributed by atoms with Crippen molar-refractivity contribution in [2.45, 2.75) is 71.3 Å². The number of nitrogens with zero attached hydrogens (tertiary/aromatic N) is 1. The van der Waals surface area contributed by atoms with E-state index >= 15 is 0 Å². The average Bonchev–Trinajstić information content (AvgIpc) is 3.09. The number of ether oxygens (including phenoxy) is 1. The molecule has 1 saturated carbocycles. The Morgan fingerprint density at radius 3 is 2.54 bits per heavy atom. The molecule has 2 heterocycles. The van der Waals surface area contributed by atoms with Crippen LogP contribution in [0.3, 0.4) is 0 Å². The second kappa shape index (κ2) is 12.3. The van der Waals surface area contributed by atoms with E-state index in [0.717, 1.165) is 59.9 Å². The molecule has 0 bridgehead atoms. The molecule has 37 heavy (non-hydrogen) atoms. The summed E-state index contributed by atoms with van der Waals surface area (Å²) in [5.41, 5.74) is -0.240. The maximum atomic E-state index is 13.3. The zero-order chi connectivity index (χ0) is 26.4. The SMILES string of the molecule is CC(C)NC(=O)C1(C2CCCCC2)CCN(CCCNC(=O)C2=CC=Pc3cc(O)c(O)cc3O2)CC1. The number of phenols is 2. The number of phenolic OH excluding ortho intramolecular Hbond substituents is 2. The van der Waals surface area contributed by atoms with E-state index in [-0.39, 0.29) is 40.5 Å². The highest BCUT2D eigenvalue weighted by Gasteiger charge is 2.47. The summed E-state index contributed by atoms with van der Waals surface area (Å²) in [6.07, 6.45) is 10.3. The number of allylic oxidation sites excluding steroid dienone is 1. The van der Waals surface area contributed by atoms with Crippen molar-refractivity contribution in [3.05, 3.63) is 24.0 Å². The molecule has 0 aromatic heterocycles. The van der Waals surface area contributed by atoms with Crippen molar-refractivity contribution in [3.8, 4) is 17.2 Å². The van der Waals surface area contributed by atoms with Crippen LogP contribution in [0.15, 0.2) is 24.0 Å². The molecule has 0 atom stereocenters. The van der Waals surface area contributed by atoms with Crippen LogP contribution in [0.5, 0.6) is 17.2 Å². The van der Waals surface area contributed by atoms with Crippen LogP contribution in [-0.2, 0) is 9.59 Å². The van der Waals surface area contributed by atoms with E-state index in [1.165, 1.54) is 31.4 Å². The van der Waals surface area contributed by atoms with Crippen LogP contribution in [0.2, 0.25) is 0 Å². The van der Waals surface area contributed by atoms with Gasteiger partial charge in [0.2, 0.25) is 5.91 Å². The number of hydrogen-bond acceptors (Lipinski definition) is 6. The van der Waals surface area contributed by atoms with Gasteiger partial charge in [-0.2, -0.15) is 0 Å². The summed E-state index contributed by atoms with van der Waals surface area (Å²) in [6, 6.07) is 2.92. The van der Waals surface area contributed by atoms with E-state index in [0.29, 0.717) is 23.5 Å². The van der Waals surface area contributed by atoms with Gasteiger partial charge in [0.25, 0.3) is 5.91 Å². The lowest BCUT2D eigenvalue weighted by atomic mass is 9.63. The van der Waals surface area contributed by atoms with Crippen molar-refractivity contribution >= 4 is 31.1 Å². The number of fused-ring (bicyclic) bond motifs is 1. The summed E-state index contributed by atoms with van der Waals surface area (Å²) in [6.45, 7) is 7.28. The first-order valence-electron chi connectivity index (χ1n) is 13.6. The molecule has 9 heteroatoms. The number of hydrogen-bond donors (Lipinski definition) is 4. The summed E-state index contributed by atoms with van der Waals surface area (Å²) >= 11 is 0. The molecule has 0 spiro atoms. The van der Waals surface area contributed by atoms with Crippen molar-refractivity contribution in [2.75, 3.05) is 26.2 Å². The van der Waals surface area contributed by atoms with E-state index < -0.39 is 0 Å². The number of carbonyl (C=O) groups is 2. The highest BCUT2D eigenvalue weighted by molar-refractivity contribution is 7.48. The van der Waals surface area contributed by atoms with Crippen LogP contribution < -0.4 is 20.7 Å². The summed E-state index contributed by atoms with van der Waals surface area (Å²) in [5, 5.41) is 26.3. The average molecular weight is 530 g/mol. The van der Waals surface area contributed by atoms with Crippen LogP contribution in [0.1, 0.15) is 65.2 Å². The van der Waals surface area contributed by atoms with Gasteiger partial charge in [0.15, 0.2) is 17.3 Å². The molecule has 0 unspecified atom stereocenters. The smallest absolute Gasteiger partial charge is 0.287 e. The highest BCUT2D eigenvalue weighted by atomic mass is 31.1. The van der Waals surface area contributed by atoms with Gasteiger partial charge in [0, 0.05) is 24.0 Å². The second-order valence-corrected chi connectivity index (χ2v) is 11.8. The Balaban J connectivity index is 1.25. The molecule has 1 aromatic carbocycles. The van der Waals surface area contributed by atoms with Gasteiger partial charge in [-0.15, -0.1) is 0 Å². The monoisotopic (exact) mass is 529 g/mol. The second-order valence-electron chi connectivity index (χ2n) is 10.8. The predicted molar refractivity (Wildman–Crippen MR) is 147 cm³/mol. The summed E-state index contributed by atoms with van der Waals surface area (Å²) in [4.78, 5) is 28.4. The van der Waals surface area contributed by atoms with Gasteiger partial charge in [-0.1, -0.05) is 27.5 Å². The third-order valence-corrected chi connectivity index (χ3v) is 8.81. The lowest BCUT2D eigenvalue weighted by Crippen LogP contribution is -2.54. The van der Waals surface area contributed by atoms with Crippen LogP contribution in [0, 0.1) is 11.3 Å². The van der Waals surface area contributed by atoms with E-state index in [2.05, 4.69) is 15.5 Å². The summed E-state index contributed by atoms with van der Waals surface area (Å²) in [5.74, 6) is 2.20. The van der Waals surface area contributed by atoms with Gasteiger partial charge < -0.3 is 30.5 Å². The normalized spacial score (nSPS) is 20.4. The van der Waals surface area contributed by atoms with E-state index in [4.69, 9.17) is 4.74 Å². The van der Waals surface area contributed by atoms with Crippen molar-refractivity contribution in [1.29, 1.82) is 0 Å². The van der Waals surface area contributed by atoms with Crippen molar-refractivity contribution in [3.63, 3.8) is 0 Å². The summed E-state index contributed by atoms with van der Waals surface area (Å²) in [7, 11) is 0.763. The van der Waals surface area contributed by atoms with Gasteiger partial charge in [0.1, 0.15) is 5.75 Å². The number of likely N-dealkylation sites (tertiary alicyclic amines) is 1. The van der Waals surface area contributed by atoms with Gasteiger partial charge in [0.05, 0.1) is 5.41 Å². The van der Waals surface area contributed by atoms with Crippen molar-refractivity contribution in [2.24, 2.45) is 11.3 Å². The standard InChI is InChI=1S/C28H40N3O5P/c1-19(2)30-27(35)28(20-7-4-3-5-8-20)10-14-31(15-11-28)13-6-12-29-26(34)23-9-16-37-25-18-22(33)21(32)17-24(25)36-23/h9,16-20,32-33H,3-8,10-15H2,1-2H3,(H,29,34)(H,30,35). The van der Waals surface area contributed by atoms with Gasteiger partial charge in [-0.25, -0.2) is 0 Å². The third-order valence-electron chi connectivity index (χ3n) is 7.88. The number of benzene rings is 1. The molecular weight excluding hydrogens is 489 g/mol. The predicted octanol–water partition coefficient (Wildman–Crippen LogP) is 3.44. The number of amides is 2. The highest BCUT2D eigenvalue weighted by Crippen LogP contribution is 2.46. The Morgan fingerprint density at radius 1 is 1.14 bits per heavy atom. The molecule has 4 rings (SSSR count). The third kappa shape index (κ3) is 6.66. The van der Waals surface area contributed by atoms with Crippen molar-refractivity contribution < 1.29 is 24.5 Å². The first-order valence-corrected chi connectivity index (χ1v) is 14.5. The number of nitrogens with one attached hydrogen (secondary N) is 2. The van der Waals surface area contributed by atoms with E-state index in [9.17, 15) is 19.8 Å². The molecule has 8 nitrogen and oxygen atoms in total. The minimum absolute atomic E-state index is 0.155. The molecule has 4 N–H and O–H groups in total. The molecule has 2 fully saturated rings. The van der Waals surface area contributed by atoms with Gasteiger partial charge >= 0.3 is 0 Å². The number of aromatic hydroxyl groups is 2. The van der Waals surface area contributed by atoms with Gasteiger partial charge in [-0.05, 0) is 89.4 Å². The van der Waals surface area contributed by atoms with Crippen molar-refractivity contribution in [1.82, 2.24) is 15.5 Å². The Labute approximate surface area is 221 Å². The largest absolute Gasteiger partial charge is 0.504 e. The molecular formula is C28H40N3O5P. The molecule has 0 radical (unpaired) electrons. The number of carbonyl (C=O) groups excluding carboxylic acids is 2. The lowest BCUT2D eigenvalue weighted by Gasteiger charge is -2.47. The van der Waals surface area contributed by atoms with E-state index in [1.54, 1.807) is 11.9 Å². The van der Waals surface area contributed by atoms with Crippen LogP contribution in [-0.4, -0.2) is 64.9 Å². The maximum Gasteiger partial charge on any atom is 0.287 e. The first-order chi connectivity index (χ1) is 17.8. The summed E-state index contributed by atoms with van der Waals surface area (Å²) < 4.78 is 5.72. The zero-order valence-corrected chi connectivity index (χ0v) is 22.9. The number of piperidine rings is 1. The molecule has 202 valence electrons. The minimum Gasteiger partial charge on any atom is -0.504 e. The molecule has 2 aliphatic heterocycles. The first kappa shape index (κ1) is 27.5. The van der Waals surface area contributed by atoms with Crippen LogP contribution >= 0.6 is 8.20 Å². The maximum absolute atomic E-state index is 13.3. The Hall–Kier alpha value is -2.57. The fourth-order valence-electron chi connectivity index (χ4n) is 5.84. The Kier molecular flexibility index (Phi) is 9.14. The fraction of sp³-hybridized carbons (Fsp3) is 0.607. The quantitative estimate of drug-likeness (QED) is 0.233. The fourth-order valence-corrected chi connectivity index (χ4v) is 6.64. The lowest BCUT2D eigenvalue weighted by molar-refractivity contribution is -0.140. The topological polar surface area (TPSA) is 111 Å². The molecule has 1 saturated heterocycles. The number of rotatable bonds is 8. The zero-order valence-electron chi connectivity index (χ0n) is 22.0. The minimum atomic E-state index is -0.313. The molecule has 1 aromatic rings. The van der Waals surface area contributed by atoms with Gasteiger partial charge in [-0.3, -0.25) is 9.59 Å². The van der Waals surface area contributed by atoms with Crippen LogP contribution in [0.25, 0.3) is 0 Å². The van der Waals surface area contributed by atoms with Crippen LogP contribution in [0.4, 0.5) is 0 Å². The Morgan fingerprint density at radius 2 is 1.84 bits per heavy atom. The Bertz CT molecular complexity index is 1040. The molecule has 2 amide bonds. The molecule has 1 aliphatic carbocycles. The van der Waals surface area contributed by atoms with E-state index in [1.807, 2.05) is 13.8 Å². The molecule has 3 aliphatic rings.